The van der Waals surface area contributed by atoms with Crippen LogP contribution in [0.1, 0.15) is 12.5 Å². The first-order chi connectivity index (χ1) is 11.2. The monoisotopic (exact) mass is 305 g/mol. The summed E-state index contributed by atoms with van der Waals surface area (Å²) in [6, 6.07) is 17.4. The lowest BCUT2D eigenvalue weighted by Crippen LogP contribution is -2.34. The summed E-state index contributed by atoms with van der Waals surface area (Å²) in [7, 11) is 0. The second-order valence-electron chi connectivity index (χ2n) is 5.39. The fourth-order valence-electron chi connectivity index (χ4n) is 2.63. The number of pyridine rings is 1. The van der Waals surface area contributed by atoms with E-state index in [4.69, 9.17) is 0 Å². The van der Waals surface area contributed by atoms with E-state index in [2.05, 4.69) is 10.3 Å². The first-order valence-electron chi connectivity index (χ1n) is 7.68. The molecule has 0 aliphatic carbocycles. The number of nitrogens with one attached hydrogen (secondary N) is 1. The zero-order valence-electron chi connectivity index (χ0n) is 13.3. The van der Waals surface area contributed by atoms with Crippen molar-refractivity contribution in [1.82, 2.24) is 4.98 Å². The number of para-hydroxylation sites is 1. The Morgan fingerprint density at radius 2 is 1.91 bits per heavy atom. The molecule has 0 atom stereocenters. The van der Waals surface area contributed by atoms with Gasteiger partial charge in [-0.05, 0) is 43.7 Å². The van der Waals surface area contributed by atoms with Crippen LogP contribution in [0, 0.1) is 6.92 Å². The highest BCUT2D eigenvalue weighted by atomic mass is 16.2. The number of urea groups is 1. The molecule has 0 saturated carbocycles. The number of carbonyl (C=O) groups is 1. The Morgan fingerprint density at radius 3 is 2.70 bits per heavy atom. The highest BCUT2D eigenvalue weighted by molar-refractivity contribution is 6.06. The fourth-order valence-corrected chi connectivity index (χ4v) is 2.63. The number of fused-ring (bicyclic) bond motifs is 1. The van der Waals surface area contributed by atoms with Gasteiger partial charge in [-0.25, -0.2) is 4.79 Å². The number of hydrogen-bond acceptors (Lipinski definition) is 2. The summed E-state index contributed by atoms with van der Waals surface area (Å²) in [6.45, 7) is 4.57. The van der Waals surface area contributed by atoms with Gasteiger partial charge in [0.2, 0.25) is 0 Å². The number of rotatable bonds is 3. The van der Waals surface area contributed by atoms with Gasteiger partial charge in [-0.1, -0.05) is 30.3 Å². The summed E-state index contributed by atoms with van der Waals surface area (Å²) in [5.74, 6) is 0. The van der Waals surface area contributed by atoms with Crippen molar-refractivity contribution >= 4 is 28.3 Å². The zero-order chi connectivity index (χ0) is 16.2. The summed E-state index contributed by atoms with van der Waals surface area (Å²) in [5, 5.41) is 3.98. The second kappa shape index (κ2) is 6.48. The number of aryl methyl sites for hydroxylation is 1. The first-order valence-corrected chi connectivity index (χ1v) is 7.68. The Hall–Kier alpha value is -2.88. The molecule has 1 aromatic heterocycles. The Morgan fingerprint density at radius 1 is 1.13 bits per heavy atom. The smallest absolute Gasteiger partial charge is 0.305 e. The summed E-state index contributed by atoms with van der Waals surface area (Å²) in [5.41, 5.74) is 3.53. The van der Waals surface area contributed by atoms with Crippen LogP contribution in [-0.4, -0.2) is 17.6 Å². The Balaban J connectivity index is 1.90. The molecule has 0 unspecified atom stereocenters. The van der Waals surface area contributed by atoms with Gasteiger partial charge in [0.25, 0.3) is 0 Å². The van der Waals surface area contributed by atoms with Gasteiger partial charge in [0, 0.05) is 23.8 Å². The molecule has 116 valence electrons. The van der Waals surface area contributed by atoms with Gasteiger partial charge in [0.05, 0.1) is 11.2 Å². The Bertz CT molecular complexity index is 839. The molecule has 3 aromatic rings. The third-order valence-electron chi connectivity index (χ3n) is 3.75. The van der Waals surface area contributed by atoms with E-state index >= 15 is 0 Å². The maximum absolute atomic E-state index is 12.7. The molecule has 1 heterocycles. The Labute approximate surface area is 135 Å². The molecule has 0 spiro atoms. The molecule has 0 radical (unpaired) electrons. The zero-order valence-corrected chi connectivity index (χ0v) is 13.3. The minimum atomic E-state index is -0.156. The predicted molar refractivity (Wildman–Crippen MR) is 95.0 cm³/mol. The number of aromatic nitrogens is 1. The second-order valence-corrected chi connectivity index (χ2v) is 5.39. The van der Waals surface area contributed by atoms with E-state index in [0.29, 0.717) is 6.54 Å². The lowest BCUT2D eigenvalue weighted by molar-refractivity contribution is 0.257. The number of amides is 2. The topological polar surface area (TPSA) is 45.2 Å². The molecule has 0 aliphatic rings. The van der Waals surface area contributed by atoms with E-state index in [1.165, 1.54) is 0 Å². The summed E-state index contributed by atoms with van der Waals surface area (Å²) < 4.78 is 0. The Kier molecular flexibility index (Phi) is 4.24. The molecule has 23 heavy (non-hydrogen) atoms. The van der Waals surface area contributed by atoms with Crippen LogP contribution in [0.2, 0.25) is 0 Å². The summed E-state index contributed by atoms with van der Waals surface area (Å²) in [4.78, 5) is 18.8. The number of anilines is 2. The van der Waals surface area contributed by atoms with Crippen molar-refractivity contribution in [2.75, 3.05) is 16.8 Å². The van der Waals surface area contributed by atoms with Crippen LogP contribution in [0.3, 0.4) is 0 Å². The van der Waals surface area contributed by atoms with Gasteiger partial charge in [-0.3, -0.25) is 9.88 Å². The molecular formula is C19H19N3O. The van der Waals surface area contributed by atoms with E-state index in [1.54, 1.807) is 11.1 Å². The van der Waals surface area contributed by atoms with E-state index < -0.39 is 0 Å². The highest BCUT2D eigenvalue weighted by Crippen LogP contribution is 2.22. The van der Waals surface area contributed by atoms with E-state index in [9.17, 15) is 4.79 Å². The van der Waals surface area contributed by atoms with Gasteiger partial charge >= 0.3 is 6.03 Å². The van der Waals surface area contributed by atoms with Gasteiger partial charge < -0.3 is 5.32 Å². The number of nitrogens with zero attached hydrogens (tertiary/aromatic N) is 2. The molecule has 0 fully saturated rings. The molecule has 0 aliphatic heterocycles. The van der Waals surface area contributed by atoms with Crippen LogP contribution in [0.4, 0.5) is 16.2 Å². The van der Waals surface area contributed by atoms with Crippen molar-refractivity contribution in [3.63, 3.8) is 0 Å². The fraction of sp³-hybridized carbons (Fsp3) is 0.158. The van der Waals surface area contributed by atoms with Gasteiger partial charge in [0.15, 0.2) is 0 Å². The van der Waals surface area contributed by atoms with Crippen LogP contribution < -0.4 is 10.2 Å². The molecule has 3 rings (SSSR count). The van der Waals surface area contributed by atoms with Crippen LogP contribution in [0.25, 0.3) is 10.9 Å². The van der Waals surface area contributed by atoms with Crippen molar-refractivity contribution < 1.29 is 4.79 Å². The highest BCUT2D eigenvalue weighted by Gasteiger charge is 2.15. The molecule has 4 nitrogen and oxygen atoms in total. The van der Waals surface area contributed by atoms with Gasteiger partial charge in [-0.15, -0.1) is 0 Å². The summed E-state index contributed by atoms with van der Waals surface area (Å²) in [6.07, 6.45) is 1.73. The van der Waals surface area contributed by atoms with Crippen molar-refractivity contribution in [3.05, 3.63) is 66.4 Å². The summed E-state index contributed by atoms with van der Waals surface area (Å²) >= 11 is 0. The third kappa shape index (κ3) is 3.16. The average molecular weight is 305 g/mol. The number of benzene rings is 2. The molecule has 2 aromatic carbocycles. The lowest BCUT2D eigenvalue weighted by atomic mass is 10.2. The largest absolute Gasteiger partial charge is 0.326 e. The van der Waals surface area contributed by atoms with E-state index in [1.807, 2.05) is 68.4 Å². The van der Waals surface area contributed by atoms with Gasteiger partial charge in [0.1, 0.15) is 0 Å². The third-order valence-corrected chi connectivity index (χ3v) is 3.75. The number of carbonyl (C=O) groups excluding carboxylic acids is 1. The number of hydrogen-bond donors (Lipinski definition) is 1. The molecule has 2 amide bonds. The minimum Gasteiger partial charge on any atom is -0.305 e. The van der Waals surface area contributed by atoms with E-state index in [-0.39, 0.29) is 6.03 Å². The maximum Gasteiger partial charge on any atom is 0.326 e. The van der Waals surface area contributed by atoms with Crippen molar-refractivity contribution in [3.8, 4) is 0 Å². The predicted octanol–water partition coefficient (Wildman–Crippen LogP) is 4.60. The molecule has 4 heteroatoms. The van der Waals surface area contributed by atoms with Crippen LogP contribution in [-0.2, 0) is 0 Å². The minimum absolute atomic E-state index is 0.156. The lowest BCUT2D eigenvalue weighted by Gasteiger charge is -2.22. The molecule has 0 saturated heterocycles. The van der Waals surface area contributed by atoms with E-state index in [0.717, 1.165) is 27.8 Å². The van der Waals surface area contributed by atoms with Crippen molar-refractivity contribution in [2.24, 2.45) is 0 Å². The first kappa shape index (κ1) is 15.0. The standard InChI is InChI=1S/C19H19N3O/c1-3-22(16-10-4-7-14(2)13-16)19(23)21-17-11-5-8-15-9-6-12-20-18(15)17/h4-13H,3H2,1-2H3,(H,21,23). The van der Waals surface area contributed by atoms with Crippen LogP contribution >= 0.6 is 0 Å². The molecule has 0 bridgehead atoms. The van der Waals surface area contributed by atoms with Crippen molar-refractivity contribution in [2.45, 2.75) is 13.8 Å². The average Bonchev–Trinajstić information content (AvgIpc) is 2.56. The normalized spacial score (nSPS) is 10.5. The SMILES string of the molecule is CCN(C(=O)Nc1cccc2cccnc12)c1cccc(C)c1. The van der Waals surface area contributed by atoms with Crippen LogP contribution in [0.15, 0.2) is 60.8 Å². The van der Waals surface area contributed by atoms with Crippen molar-refractivity contribution in [1.29, 1.82) is 0 Å². The van der Waals surface area contributed by atoms with Crippen LogP contribution in [0.5, 0.6) is 0 Å². The maximum atomic E-state index is 12.7. The molecular weight excluding hydrogens is 286 g/mol. The quantitative estimate of drug-likeness (QED) is 0.768. The van der Waals surface area contributed by atoms with Gasteiger partial charge in [-0.2, -0.15) is 0 Å². The molecule has 1 N–H and O–H groups in total.